The van der Waals surface area contributed by atoms with E-state index in [9.17, 15) is 18.7 Å². The van der Waals surface area contributed by atoms with Crippen molar-refractivity contribution < 1.29 is 23.8 Å². The van der Waals surface area contributed by atoms with E-state index in [2.05, 4.69) is 55.7 Å². The second-order valence-corrected chi connectivity index (χ2v) is 10.8. The molecule has 0 spiro atoms. The summed E-state index contributed by atoms with van der Waals surface area (Å²) in [5.74, 6) is -2.47. The zero-order chi connectivity index (χ0) is 25.6. The van der Waals surface area contributed by atoms with Crippen LogP contribution in [0.4, 0.5) is 8.78 Å². The molecule has 1 saturated carbocycles. The molecule has 5 nitrogen and oxygen atoms in total. The minimum atomic E-state index is -1.07. The molecule has 0 amide bonds. The molecular formula is C28H38F2N2O3. The first-order valence-electron chi connectivity index (χ1n) is 12.4. The molecule has 3 rings (SSSR count). The molecule has 0 saturated heterocycles. The van der Waals surface area contributed by atoms with Crippen LogP contribution in [0.15, 0.2) is 42.5 Å². The van der Waals surface area contributed by atoms with Gasteiger partial charge < -0.3 is 20.8 Å². The van der Waals surface area contributed by atoms with Gasteiger partial charge in [-0.15, -0.1) is 0 Å². The van der Waals surface area contributed by atoms with Crippen LogP contribution in [0.3, 0.4) is 0 Å². The summed E-state index contributed by atoms with van der Waals surface area (Å²) in [6, 6.07) is 11.1. The standard InChI is InChI=1S/C28H38F2N2O3/c1-27(2,3)20-8-7-9-21(15-20)28(10-5-4-6-11-28)32-17-25(33)24(31-18-26(34)35)14-19-12-22(29)16-23(30)13-19/h7-9,12-13,15-16,24-25,31-33H,4-6,10-11,14,17-18H2,1-3H3,(H,34,35)/t24-,25+/m0/s1. The highest BCUT2D eigenvalue weighted by Gasteiger charge is 2.35. The van der Waals surface area contributed by atoms with Crippen LogP contribution < -0.4 is 10.6 Å². The van der Waals surface area contributed by atoms with Crippen LogP contribution >= 0.6 is 0 Å². The Balaban J connectivity index is 1.80. The van der Waals surface area contributed by atoms with E-state index in [0.29, 0.717) is 5.56 Å². The Hall–Kier alpha value is -2.35. The highest BCUT2D eigenvalue weighted by molar-refractivity contribution is 5.69. The van der Waals surface area contributed by atoms with Gasteiger partial charge in [0.1, 0.15) is 11.6 Å². The third kappa shape index (κ3) is 7.56. The lowest BCUT2D eigenvalue weighted by Crippen LogP contribution is -2.53. The second kappa shape index (κ2) is 11.6. The summed E-state index contributed by atoms with van der Waals surface area (Å²) in [5, 5.41) is 26.7. The maximum absolute atomic E-state index is 13.7. The topological polar surface area (TPSA) is 81.6 Å². The van der Waals surface area contributed by atoms with Crippen molar-refractivity contribution in [2.75, 3.05) is 13.1 Å². The molecule has 0 radical (unpaired) electrons. The lowest BCUT2D eigenvalue weighted by molar-refractivity contribution is -0.136. The zero-order valence-corrected chi connectivity index (χ0v) is 20.9. The zero-order valence-electron chi connectivity index (χ0n) is 20.9. The van der Waals surface area contributed by atoms with E-state index >= 15 is 0 Å². The number of aliphatic hydroxyl groups is 1. The maximum atomic E-state index is 13.7. The van der Waals surface area contributed by atoms with Crippen molar-refractivity contribution in [3.63, 3.8) is 0 Å². The number of nitrogens with one attached hydrogen (secondary N) is 2. The largest absolute Gasteiger partial charge is 0.480 e. The van der Waals surface area contributed by atoms with Crippen molar-refractivity contribution >= 4 is 5.97 Å². The van der Waals surface area contributed by atoms with E-state index in [0.717, 1.165) is 31.7 Å². The van der Waals surface area contributed by atoms with Gasteiger partial charge >= 0.3 is 5.97 Å². The third-order valence-corrected chi connectivity index (χ3v) is 7.00. The fourth-order valence-electron chi connectivity index (χ4n) is 4.99. The number of benzene rings is 2. The van der Waals surface area contributed by atoms with Gasteiger partial charge in [-0.3, -0.25) is 4.79 Å². The summed E-state index contributed by atoms with van der Waals surface area (Å²) in [7, 11) is 0. The Morgan fingerprint density at radius 2 is 1.71 bits per heavy atom. The highest BCUT2D eigenvalue weighted by Crippen LogP contribution is 2.38. The molecule has 1 fully saturated rings. The first-order chi connectivity index (χ1) is 16.5. The van der Waals surface area contributed by atoms with Crippen molar-refractivity contribution in [3.8, 4) is 0 Å². The van der Waals surface area contributed by atoms with Crippen LogP contribution in [0.25, 0.3) is 0 Å². The number of rotatable bonds is 10. The van der Waals surface area contributed by atoms with E-state index < -0.39 is 29.7 Å². The van der Waals surface area contributed by atoms with Crippen LogP contribution in [-0.4, -0.2) is 41.4 Å². The number of carboxylic acids is 1. The fourth-order valence-corrected chi connectivity index (χ4v) is 4.99. The van der Waals surface area contributed by atoms with E-state index in [-0.39, 0.29) is 30.5 Å². The summed E-state index contributed by atoms with van der Waals surface area (Å²) < 4.78 is 27.4. The van der Waals surface area contributed by atoms with Gasteiger partial charge in [0.05, 0.1) is 12.6 Å². The number of carbonyl (C=O) groups is 1. The van der Waals surface area contributed by atoms with Gasteiger partial charge in [0.15, 0.2) is 0 Å². The maximum Gasteiger partial charge on any atom is 0.317 e. The lowest BCUT2D eigenvalue weighted by Gasteiger charge is -2.41. The fraction of sp³-hybridized carbons (Fsp3) is 0.536. The number of aliphatic hydroxyl groups excluding tert-OH is 1. The molecular weight excluding hydrogens is 450 g/mol. The SMILES string of the molecule is CC(C)(C)c1cccc(C2(NC[C@@H](O)[C@H](Cc3cc(F)cc(F)c3)NCC(=O)O)CCCCC2)c1. The smallest absolute Gasteiger partial charge is 0.317 e. The Morgan fingerprint density at radius 3 is 2.31 bits per heavy atom. The monoisotopic (exact) mass is 488 g/mol. The first kappa shape index (κ1) is 27.2. The minimum Gasteiger partial charge on any atom is -0.480 e. The normalized spacial score (nSPS) is 17.7. The molecule has 7 heteroatoms. The molecule has 0 heterocycles. The Kier molecular flexibility index (Phi) is 9.02. The second-order valence-electron chi connectivity index (χ2n) is 10.8. The Bertz CT molecular complexity index is 980. The minimum absolute atomic E-state index is 0.0114. The summed E-state index contributed by atoms with van der Waals surface area (Å²) in [4.78, 5) is 11.2. The Morgan fingerprint density at radius 1 is 1.06 bits per heavy atom. The molecule has 0 unspecified atom stereocenters. The van der Waals surface area contributed by atoms with Crippen LogP contribution in [0, 0.1) is 11.6 Å². The predicted octanol–water partition coefficient (Wildman–Crippen LogP) is 4.66. The van der Waals surface area contributed by atoms with E-state index in [1.165, 1.54) is 29.7 Å². The van der Waals surface area contributed by atoms with Crippen LogP contribution in [-0.2, 0) is 22.2 Å². The number of hydrogen-bond donors (Lipinski definition) is 4. The third-order valence-electron chi connectivity index (χ3n) is 7.00. The Labute approximate surface area is 207 Å². The summed E-state index contributed by atoms with van der Waals surface area (Å²) in [6.07, 6.45) is 4.32. The predicted molar refractivity (Wildman–Crippen MR) is 133 cm³/mol. The molecule has 0 bridgehead atoms. The van der Waals surface area contributed by atoms with Gasteiger partial charge in [-0.25, -0.2) is 8.78 Å². The van der Waals surface area contributed by atoms with E-state index in [1.54, 1.807) is 0 Å². The highest BCUT2D eigenvalue weighted by atomic mass is 19.1. The van der Waals surface area contributed by atoms with Crippen molar-refractivity contribution in [2.24, 2.45) is 0 Å². The molecule has 1 aliphatic rings. The quantitative estimate of drug-likeness (QED) is 0.391. The molecule has 0 aromatic heterocycles. The van der Waals surface area contributed by atoms with Crippen LogP contribution in [0.2, 0.25) is 0 Å². The molecule has 4 N–H and O–H groups in total. The van der Waals surface area contributed by atoms with Crippen molar-refractivity contribution in [2.45, 2.75) is 82.4 Å². The van der Waals surface area contributed by atoms with Gasteiger partial charge in [0.2, 0.25) is 0 Å². The number of carboxylic acid groups (broad SMARTS) is 1. The van der Waals surface area contributed by atoms with E-state index in [1.807, 2.05) is 0 Å². The first-order valence-corrected chi connectivity index (χ1v) is 12.4. The average Bonchev–Trinajstić information content (AvgIpc) is 2.79. The summed E-state index contributed by atoms with van der Waals surface area (Å²) in [5.41, 5.74) is 2.52. The number of aliphatic carboxylic acids is 1. The van der Waals surface area contributed by atoms with Gasteiger partial charge in [0, 0.05) is 24.2 Å². The lowest BCUT2D eigenvalue weighted by atomic mass is 9.74. The van der Waals surface area contributed by atoms with Gasteiger partial charge in [-0.2, -0.15) is 0 Å². The molecule has 2 aromatic rings. The van der Waals surface area contributed by atoms with Crippen molar-refractivity contribution in [3.05, 3.63) is 70.8 Å². The molecule has 35 heavy (non-hydrogen) atoms. The molecule has 2 atom stereocenters. The summed E-state index contributed by atoms with van der Waals surface area (Å²) >= 11 is 0. The van der Waals surface area contributed by atoms with Crippen LogP contribution in [0.5, 0.6) is 0 Å². The molecule has 0 aliphatic heterocycles. The molecule has 1 aliphatic carbocycles. The van der Waals surface area contributed by atoms with E-state index in [4.69, 9.17) is 5.11 Å². The number of hydrogen-bond acceptors (Lipinski definition) is 4. The molecule has 192 valence electrons. The van der Waals surface area contributed by atoms with Crippen molar-refractivity contribution in [1.82, 2.24) is 10.6 Å². The summed E-state index contributed by atoms with van der Waals surface area (Å²) in [6.45, 7) is 6.41. The van der Waals surface area contributed by atoms with Gasteiger partial charge in [-0.05, 0) is 53.5 Å². The van der Waals surface area contributed by atoms with Crippen LogP contribution in [0.1, 0.15) is 69.6 Å². The molecule has 2 aromatic carbocycles. The average molecular weight is 489 g/mol. The van der Waals surface area contributed by atoms with Gasteiger partial charge in [-0.1, -0.05) is 64.3 Å². The number of halogens is 2. The van der Waals surface area contributed by atoms with Gasteiger partial charge in [0.25, 0.3) is 0 Å². The van der Waals surface area contributed by atoms with Crippen molar-refractivity contribution in [1.29, 1.82) is 0 Å².